The van der Waals surface area contributed by atoms with Crippen LogP contribution in [0, 0.1) is 6.92 Å². The van der Waals surface area contributed by atoms with Crippen molar-refractivity contribution in [3.05, 3.63) is 34.1 Å². The fourth-order valence-corrected chi connectivity index (χ4v) is 1.91. The molecule has 0 bridgehead atoms. The summed E-state index contributed by atoms with van der Waals surface area (Å²) < 4.78 is 10.2. The number of ether oxygens (including phenoxy) is 2. The molecular weight excluding hydrogens is 318 g/mol. The zero-order valence-corrected chi connectivity index (χ0v) is 14.9. The molecule has 126 valence electrons. The zero-order chi connectivity index (χ0) is 17.6. The molecule has 0 aliphatic rings. The molecule has 0 aliphatic carbocycles. The number of aromatic nitrogens is 1. The quantitative estimate of drug-likeness (QED) is 0.604. The van der Waals surface area contributed by atoms with Gasteiger partial charge in [0.05, 0.1) is 23.7 Å². The van der Waals surface area contributed by atoms with E-state index in [2.05, 4.69) is 4.98 Å². The highest BCUT2D eigenvalue weighted by atomic mass is 35.5. The van der Waals surface area contributed by atoms with Crippen LogP contribution >= 0.6 is 11.6 Å². The number of halogens is 1. The van der Waals surface area contributed by atoms with E-state index in [9.17, 15) is 9.59 Å². The lowest BCUT2D eigenvalue weighted by Crippen LogP contribution is -2.25. The van der Waals surface area contributed by atoms with Crippen molar-refractivity contribution < 1.29 is 19.1 Å². The molecule has 23 heavy (non-hydrogen) atoms. The molecule has 0 spiro atoms. The Morgan fingerprint density at radius 1 is 1.35 bits per heavy atom. The van der Waals surface area contributed by atoms with Crippen LogP contribution in [-0.2, 0) is 19.1 Å². The summed E-state index contributed by atoms with van der Waals surface area (Å²) in [6.07, 6.45) is 2.94. The number of aryl methyl sites for hydroxylation is 1. The van der Waals surface area contributed by atoms with Gasteiger partial charge in [-0.25, -0.2) is 4.79 Å². The number of nitrogens with zero attached hydrogens (tertiary/aromatic N) is 1. The van der Waals surface area contributed by atoms with Crippen LogP contribution < -0.4 is 0 Å². The molecule has 0 atom stereocenters. The van der Waals surface area contributed by atoms with Gasteiger partial charge >= 0.3 is 11.9 Å². The molecule has 0 N–H and O–H groups in total. The van der Waals surface area contributed by atoms with E-state index in [0.29, 0.717) is 16.3 Å². The van der Waals surface area contributed by atoms with Gasteiger partial charge in [-0.15, -0.1) is 0 Å². The molecule has 0 radical (unpaired) electrons. The second kappa shape index (κ2) is 8.11. The minimum Gasteiger partial charge on any atom is -0.463 e. The zero-order valence-electron chi connectivity index (χ0n) is 14.1. The first-order chi connectivity index (χ1) is 10.6. The van der Waals surface area contributed by atoms with Gasteiger partial charge in [0.1, 0.15) is 5.60 Å². The first-order valence-corrected chi connectivity index (χ1v) is 7.72. The second-order valence-corrected chi connectivity index (χ2v) is 6.40. The highest BCUT2D eigenvalue weighted by molar-refractivity contribution is 6.31. The lowest BCUT2D eigenvalue weighted by atomic mass is 10.1. The van der Waals surface area contributed by atoms with Crippen LogP contribution in [0.25, 0.3) is 6.08 Å². The Bertz CT molecular complexity index is 618. The van der Waals surface area contributed by atoms with Crippen LogP contribution in [0.3, 0.4) is 0 Å². The number of rotatable bonds is 5. The minimum absolute atomic E-state index is 0.179. The molecule has 5 nitrogen and oxygen atoms in total. The highest BCUT2D eigenvalue weighted by Crippen LogP contribution is 2.19. The summed E-state index contributed by atoms with van der Waals surface area (Å²) in [5.74, 6) is -1.06. The predicted octanol–water partition coefficient (Wildman–Crippen LogP) is 3.72. The molecule has 1 aromatic rings. The molecule has 1 heterocycles. The first kappa shape index (κ1) is 19.2. The molecule has 0 aliphatic heterocycles. The Morgan fingerprint density at radius 3 is 2.52 bits per heavy atom. The maximum absolute atomic E-state index is 12.0. The normalized spacial score (nSPS) is 12.0. The van der Waals surface area contributed by atoms with E-state index in [4.69, 9.17) is 21.1 Å². The molecular formula is C17H22ClNO4. The Hall–Kier alpha value is -1.88. The van der Waals surface area contributed by atoms with Crippen molar-refractivity contribution in [1.82, 2.24) is 4.98 Å². The van der Waals surface area contributed by atoms with E-state index in [1.807, 2.05) is 0 Å². The van der Waals surface area contributed by atoms with Crippen LogP contribution in [0.2, 0.25) is 5.02 Å². The van der Waals surface area contributed by atoms with Gasteiger partial charge < -0.3 is 9.47 Å². The highest BCUT2D eigenvalue weighted by Gasteiger charge is 2.21. The summed E-state index contributed by atoms with van der Waals surface area (Å²) in [4.78, 5) is 28.2. The van der Waals surface area contributed by atoms with E-state index in [0.717, 1.165) is 0 Å². The Labute approximate surface area is 141 Å². The summed E-state index contributed by atoms with van der Waals surface area (Å²) >= 11 is 6.03. The Kier molecular flexibility index (Phi) is 6.76. The monoisotopic (exact) mass is 339 g/mol. The molecule has 0 saturated heterocycles. The fraction of sp³-hybridized carbons (Fsp3) is 0.471. The fourth-order valence-electron chi connectivity index (χ4n) is 1.74. The van der Waals surface area contributed by atoms with Crippen molar-refractivity contribution in [2.45, 2.75) is 46.6 Å². The third-order valence-corrected chi connectivity index (χ3v) is 3.06. The maximum Gasteiger partial charge on any atom is 0.334 e. The number of hydrogen-bond donors (Lipinski definition) is 0. The van der Waals surface area contributed by atoms with Crippen LogP contribution in [0.5, 0.6) is 0 Å². The van der Waals surface area contributed by atoms with E-state index < -0.39 is 17.5 Å². The molecule has 0 fully saturated rings. The van der Waals surface area contributed by atoms with Crippen molar-refractivity contribution in [1.29, 1.82) is 0 Å². The van der Waals surface area contributed by atoms with E-state index in [1.54, 1.807) is 53.0 Å². The topological polar surface area (TPSA) is 65.5 Å². The van der Waals surface area contributed by atoms with Gasteiger partial charge in [-0.3, -0.25) is 9.78 Å². The SMILES string of the molecule is CCOC(=O)/C(=C/c1cnc(C)c(Cl)c1)CC(=O)OC(C)(C)C. The first-order valence-electron chi connectivity index (χ1n) is 7.34. The summed E-state index contributed by atoms with van der Waals surface area (Å²) in [6, 6.07) is 1.68. The standard InChI is InChI=1S/C17H22ClNO4/c1-6-22-16(21)13(9-15(20)23-17(3,4)5)7-12-8-14(18)11(2)19-10-12/h7-8,10H,6,9H2,1-5H3/b13-7+. The maximum atomic E-state index is 12.0. The van der Waals surface area contributed by atoms with Gasteiger partial charge in [0.25, 0.3) is 0 Å². The van der Waals surface area contributed by atoms with Gasteiger partial charge in [0.2, 0.25) is 0 Å². The average Bonchev–Trinajstić information content (AvgIpc) is 2.40. The van der Waals surface area contributed by atoms with Gasteiger partial charge in [0.15, 0.2) is 0 Å². The molecule has 0 aromatic carbocycles. The van der Waals surface area contributed by atoms with Crippen molar-refractivity contribution in [2.75, 3.05) is 6.61 Å². The van der Waals surface area contributed by atoms with Crippen molar-refractivity contribution in [3.63, 3.8) is 0 Å². The molecule has 0 saturated carbocycles. The van der Waals surface area contributed by atoms with E-state index in [-0.39, 0.29) is 18.6 Å². The number of carbonyl (C=O) groups is 2. The number of carbonyl (C=O) groups excluding carboxylic acids is 2. The molecule has 6 heteroatoms. The number of hydrogen-bond acceptors (Lipinski definition) is 5. The Morgan fingerprint density at radius 2 is 2.00 bits per heavy atom. The van der Waals surface area contributed by atoms with Crippen LogP contribution in [0.15, 0.2) is 17.8 Å². The summed E-state index contributed by atoms with van der Waals surface area (Å²) in [7, 11) is 0. The van der Waals surface area contributed by atoms with Crippen LogP contribution in [0.1, 0.15) is 45.4 Å². The van der Waals surface area contributed by atoms with Crippen molar-refractivity contribution in [3.8, 4) is 0 Å². The summed E-state index contributed by atoms with van der Waals surface area (Å²) in [6.45, 7) is 9.00. The van der Waals surface area contributed by atoms with Gasteiger partial charge in [0, 0.05) is 11.8 Å². The van der Waals surface area contributed by atoms with Crippen molar-refractivity contribution >= 4 is 29.6 Å². The number of pyridine rings is 1. The largest absolute Gasteiger partial charge is 0.463 e. The van der Waals surface area contributed by atoms with Gasteiger partial charge in [-0.2, -0.15) is 0 Å². The molecule has 0 amide bonds. The van der Waals surface area contributed by atoms with Gasteiger partial charge in [-0.05, 0) is 52.3 Å². The van der Waals surface area contributed by atoms with Crippen molar-refractivity contribution in [2.24, 2.45) is 0 Å². The number of esters is 2. The third kappa shape index (κ3) is 6.82. The van der Waals surface area contributed by atoms with Crippen LogP contribution in [0.4, 0.5) is 0 Å². The summed E-state index contributed by atoms with van der Waals surface area (Å²) in [5.41, 5.74) is 0.884. The smallest absolute Gasteiger partial charge is 0.334 e. The lowest BCUT2D eigenvalue weighted by Gasteiger charge is -2.19. The molecule has 0 unspecified atom stereocenters. The summed E-state index contributed by atoms with van der Waals surface area (Å²) in [5, 5.41) is 0.485. The van der Waals surface area contributed by atoms with Gasteiger partial charge in [-0.1, -0.05) is 11.6 Å². The average molecular weight is 340 g/mol. The molecule has 1 rings (SSSR count). The minimum atomic E-state index is -0.619. The predicted molar refractivity (Wildman–Crippen MR) is 89.1 cm³/mol. The second-order valence-electron chi connectivity index (χ2n) is 5.99. The Balaban J connectivity index is 3.04. The third-order valence-electron chi connectivity index (χ3n) is 2.68. The van der Waals surface area contributed by atoms with E-state index >= 15 is 0 Å². The van der Waals surface area contributed by atoms with E-state index in [1.165, 1.54) is 0 Å². The molecule has 1 aromatic heterocycles. The lowest BCUT2D eigenvalue weighted by molar-refractivity contribution is -0.155. The van der Waals surface area contributed by atoms with Crippen LogP contribution in [-0.4, -0.2) is 29.1 Å².